The summed E-state index contributed by atoms with van der Waals surface area (Å²) < 4.78 is 0. The van der Waals surface area contributed by atoms with Crippen LogP contribution in [0.25, 0.3) is 0 Å². The topological polar surface area (TPSA) is 73.1 Å². The normalized spacial score (nSPS) is 8.92. The smallest absolute Gasteiger partial charge is 0.221 e. The summed E-state index contributed by atoms with van der Waals surface area (Å²) in [5, 5.41) is 20.2. The lowest BCUT2D eigenvalue weighted by Crippen LogP contribution is -2.05. The van der Waals surface area contributed by atoms with Gasteiger partial charge in [-0.3, -0.25) is 4.79 Å². The van der Waals surface area contributed by atoms with E-state index >= 15 is 0 Å². The molecule has 1 aromatic carbocycles. The molecule has 0 unspecified atom stereocenters. The number of rotatable bonds is 1. The van der Waals surface area contributed by atoms with Gasteiger partial charge in [0.1, 0.15) is 5.75 Å². The van der Waals surface area contributed by atoms with Gasteiger partial charge in [-0.15, -0.1) is 0 Å². The maximum Gasteiger partial charge on any atom is 0.221 e. The third-order valence-electron chi connectivity index (χ3n) is 1.37. The average molecular weight is 176 g/mol. The van der Waals surface area contributed by atoms with E-state index in [4.69, 9.17) is 10.4 Å². The van der Waals surface area contributed by atoms with Crippen molar-refractivity contribution in [3.05, 3.63) is 23.8 Å². The molecule has 0 aromatic heterocycles. The van der Waals surface area contributed by atoms with Gasteiger partial charge < -0.3 is 10.4 Å². The second-order valence-corrected chi connectivity index (χ2v) is 2.56. The summed E-state index contributed by atoms with van der Waals surface area (Å²) in [6, 6.07) is 6.06. The molecule has 0 fully saturated rings. The van der Waals surface area contributed by atoms with E-state index in [0.29, 0.717) is 11.3 Å². The Bertz CT molecular complexity index is 380. The summed E-state index contributed by atoms with van der Waals surface area (Å²) in [6.45, 7) is 1.36. The number of amides is 1. The third kappa shape index (κ3) is 2.49. The Labute approximate surface area is 75.4 Å². The molecule has 0 atom stereocenters. The van der Waals surface area contributed by atoms with Gasteiger partial charge in [0.2, 0.25) is 5.91 Å². The first-order valence-corrected chi connectivity index (χ1v) is 3.63. The molecule has 0 aliphatic heterocycles. The first-order chi connectivity index (χ1) is 6.11. The van der Waals surface area contributed by atoms with E-state index in [1.165, 1.54) is 25.1 Å². The molecule has 13 heavy (non-hydrogen) atoms. The highest BCUT2D eigenvalue weighted by atomic mass is 16.3. The fraction of sp³-hybridized carbons (Fsp3) is 0.111. The predicted octanol–water partition coefficient (Wildman–Crippen LogP) is 1.22. The van der Waals surface area contributed by atoms with Crippen LogP contribution in [0.2, 0.25) is 0 Å². The maximum atomic E-state index is 10.6. The zero-order valence-electron chi connectivity index (χ0n) is 7.03. The summed E-state index contributed by atoms with van der Waals surface area (Å²) in [5.41, 5.74) is 0.729. The molecule has 0 saturated carbocycles. The monoisotopic (exact) mass is 176 g/mol. The van der Waals surface area contributed by atoms with Crippen molar-refractivity contribution in [3.63, 3.8) is 0 Å². The predicted molar refractivity (Wildman–Crippen MR) is 47.1 cm³/mol. The molecule has 0 radical (unpaired) electrons. The Balaban J connectivity index is 3.03. The van der Waals surface area contributed by atoms with Gasteiger partial charge in [-0.1, -0.05) is 0 Å². The maximum absolute atomic E-state index is 10.6. The lowest BCUT2D eigenvalue weighted by Gasteiger charge is -2.02. The molecule has 1 amide bonds. The van der Waals surface area contributed by atoms with Crippen molar-refractivity contribution in [3.8, 4) is 11.8 Å². The van der Waals surface area contributed by atoms with Crippen LogP contribution in [0.15, 0.2) is 18.2 Å². The Hall–Kier alpha value is -2.02. The van der Waals surface area contributed by atoms with Crippen molar-refractivity contribution in [1.29, 1.82) is 5.26 Å². The minimum atomic E-state index is -0.241. The van der Waals surface area contributed by atoms with E-state index in [0.717, 1.165) is 0 Å². The number of nitrogens with zero attached hydrogens (tertiary/aromatic N) is 1. The van der Waals surface area contributed by atoms with Crippen LogP contribution in [-0.2, 0) is 4.79 Å². The van der Waals surface area contributed by atoms with Gasteiger partial charge in [-0.25, -0.2) is 0 Å². The number of phenols is 1. The molecule has 0 heterocycles. The Kier molecular flexibility index (Phi) is 2.50. The number of nitriles is 1. The highest BCUT2D eigenvalue weighted by molar-refractivity contribution is 5.89. The van der Waals surface area contributed by atoms with Crippen LogP contribution >= 0.6 is 0 Å². The van der Waals surface area contributed by atoms with Crippen molar-refractivity contribution >= 4 is 11.6 Å². The highest BCUT2D eigenvalue weighted by Gasteiger charge is 2.00. The van der Waals surface area contributed by atoms with Gasteiger partial charge >= 0.3 is 0 Å². The lowest BCUT2D eigenvalue weighted by molar-refractivity contribution is -0.114. The standard InChI is InChI=1S/C9H8N2O2/c1-6(12)11-8-2-7(5-10)3-9(13)4-8/h2-4,13H,1H3,(H,11,12). The molecule has 1 aromatic rings. The first kappa shape index (κ1) is 9.07. The van der Waals surface area contributed by atoms with Gasteiger partial charge in [0.15, 0.2) is 0 Å². The molecule has 4 heteroatoms. The minimum absolute atomic E-state index is 0.0391. The van der Waals surface area contributed by atoms with Crippen LogP contribution in [0.3, 0.4) is 0 Å². The van der Waals surface area contributed by atoms with Crippen molar-refractivity contribution in [1.82, 2.24) is 0 Å². The van der Waals surface area contributed by atoms with E-state index in [1.54, 1.807) is 0 Å². The summed E-state index contributed by atoms with van der Waals surface area (Å²) in [4.78, 5) is 10.6. The second-order valence-electron chi connectivity index (χ2n) is 2.56. The van der Waals surface area contributed by atoms with E-state index < -0.39 is 0 Å². The SMILES string of the molecule is CC(=O)Nc1cc(O)cc(C#N)c1. The van der Waals surface area contributed by atoms with Crippen molar-refractivity contribution in [2.45, 2.75) is 6.92 Å². The number of carbonyl (C=O) groups excluding carboxylic acids is 1. The minimum Gasteiger partial charge on any atom is -0.508 e. The summed E-state index contributed by atoms with van der Waals surface area (Å²) in [6.07, 6.45) is 0. The molecule has 4 nitrogen and oxygen atoms in total. The Morgan fingerprint density at radius 1 is 1.54 bits per heavy atom. The zero-order valence-corrected chi connectivity index (χ0v) is 7.03. The Morgan fingerprint density at radius 2 is 2.23 bits per heavy atom. The molecular formula is C9H8N2O2. The second kappa shape index (κ2) is 3.59. The van der Waals surface area contributed by atoms with Gasteiger partial charge in [0, 0.05) is 18.7 Å². The molecule has 0 bridgehead atoms. The number of aromatic hydroxyl groups is 1. The lowest BCUT2D eigenvalue weighted by atomic mass is 10.2. The Morgan fingerprint density at radius 3 is 2.77 bits per heavy atom. The molecule has 0 spiro atoms. The van der Waals surface area contributed by atoms with Crippen LogP contribution in [0, 0.1) is 11.3 Å². The van der Waals surface area contributed by atoms with E-state index in [-0.39, 0.29) is 11.7 Å². The van der Waals surface area contributed by atoms with Gasteiger partial charge in [-0.2, -0.15) is 5.26 Å². The molecule has 0 aliphatic rings. The average Bonchev–Trinajstić information content (AvgIpc) is 2.01. The zero-order chi connectivity index (χ0) is 9.84. The molecule has 0 saturated heterocycles. The largest absolute Gasteiger partial charge is 0.508 e. The fourth-order valence-electron chi connectivity index (χ4n) is 0.951. The molecule has 1 rings (SSSR count). The molecule has 2 N–H and O–H groups in total. The number of hydrogen-bond acceptors (Lipinski definition) is 3. The quantitative estimate of drug-likeness (QED) is 0.675. The van der Waals surface area contributed by atoms with Crippen molar-refractivity contribution < 1.29 is 9.90 Å². The summed E-state index contributed by atoms with van der Waals surface area (Å²) in [7, 11) is 0. The van der Waals surface area contributed by atoms with Crippen LogP contribution in [0.5, 0.6) is 5.75 Å². The van der Waals surface area contributed by atoms with Crippen LogP contribution in [0.4, 0.5) is 5.69 Å². The van der Waals surface area contributed by atoms with E-state index in [9.17, 15) is 4.79 Å². The van der Waals surface area contributed by atoms with Crippen molar-refractivity contribution in [2.24, 2.45) is 0 Å². The number of nitrogens with one attached hydrogen (secondary N) is 1. The van der Waals surface area contributed by atoms with E-state index in [1.807, 2.05) is 6.07 Å². The van der Waals surface area contributed by atoms with Gasteiger partial charge in [-0.05, 0) is 12.1 Å². The van der Waals surface area contributed by atoms with E-state index in [2.05, 4.69) is 5.32 Å². The molecular weight excluding hydrogens is 168 g/mol. The number of anilines is 1. The number of carbonyl (C=O) groups is 1. The molecule has 0 aliphatic carbocycles. The summed E-state index contributed by atoms with van der Waals surface area (Å²) >= 11 is 0. The van der Waals surface area contributed by atoms with Crippen LogP contribution in [-0.4, -0.2) is 11.0 Å². The van der Waals surface area contributed by atoms with Crippen LogP contribution < -0.4 is 5.32 Å². The number of hydrogen-bond donors (Lipinski definition) is 2. The van der Waals surface area contributed by atoms with Gasteiger partial charge in [0.25, 0.3) is 0 Å². The van der Waals surface area contributed by atoms with Gasteiger partial charge in [0.05, 0.1) is 11.6 Å². The number of phenolic OH excluding ortho intramolecular Hbond substituents is 1. The highest BCUT2D eigenvalue weighted by Crippen LogP contribution is 2.18. The first-order valence-electron chi connectivity index (χ1n) is 3.63. The fourth-order valence-corrected chi connectivity index (χ4v) is 0.951. The third-order valence-corrected chi connectivity index (χ3v) is 1.37. The molecule has 66 valence electrons. The summed E-state index contributed by atoms with van der Waals surface area (Å²) in [5.74, 6) is -0.280. The van der Waals surface area contributed by atoms with Crippen LogP contribution in [0.1, 0.15) is 12.5 Å². The van der Waals surface area contributed by atoms with Crippen molar-refractivity contribution in [2.75, 3.05) is 5.32 Å². The number of benzene rings is 1.